The minimum Gasteiger partial charge on any atom is -0.457 e. The first-order valence-electron chi connectivity index (χ1n) is 26.4. The molecule has 2 heterocycles. The van der Waals surface area contributed by atoms with Crippen LogP contribution in [-0.4, -0.2) is 142 Å². The van der Waals surface area contributed by atoms with Crippen LogP contribution in [0.4, 0.5) is 0 Å². The van der Waals surface area contributed by atoms with Crippen molar-refractivity contribution in [2.45, 2.75) is 242 Å². The van der Waals surface area contributed by atoms with E-state index in [4.69, 9.17) is 28.4 Å². The molecular weight excluding hydrogens is 873 g/mol. The third-order valence-corrected chi connectivity index (χ3v) is 12.3. The fraction of sp³-hybridized carbons (Fsp3) is 0.796. The topological polar surface area (TPSA) is 214 Å². The molecule has 2 aliphatic rings. The van der Waals surface area contributed by atoms with E-state index in [0.717, 1.165) is 83.5 Å². The van der Waals surface area contributed by atoms with Gasteiger partial charge in [0.25, 0.3) is 0 Å². The first-order valence-corrected chi connectivity index (χ1v) is 26.4. The molecule has 7 N–H and O–H groups in total. The van der Waals surface area contributed by atoms with Crippen LogP contribution in [0.2, 0.25) is 0 Å². The van der Waals surface area contributed by atoms with Gasteiger partial charge in [-0.2, -0.15) is 0 Å². The minimum absolute atomic E-state index is 0.0563. The summed E-state index contributed by atoms with van der Waals surface area (Å²) in [6.45, 7) is 3.55. The van der Waals surface area contributed by atoms with E-state index in [-0.39, 0.29) is 25.6 Å². The average Bonchev–Trinajstić information content (AvgIpc) is 3.33. The van der Waals surface area contributed by atoms with Crippen molar-refractivity contribution < 1.29 is 69.0 Å². The number of carbonyl (C=O) groups is 1. The lowest BCUT2D eigenvalue weighted by atomic mass is 9.98. The van der Waals surface area contributed by atoms with Gasteiger partial charge in [-0.1, -0.05) is 171 Å². The van der Waals surface area contributed by atoms with Gasteiger partial charge >= 0.3 is 5.97 Å². The number of rotatable bonds is 41. The first-order chi connectivity index (χ1) is 33.1. The van der Waals surface area contributed by atoms with Gasteiger partial charge < -0.3 is 64.2 Å². The van der Waals surface area contributed by atoms with Gasteiger partial charge in [-0.05, 0) is 57.8 Å². The third kappa shape index (κ3) is 28.5. The van der Waals surface area contributed by atoms with E-state index in [0.29, 0.717) is 13.0 Å². The highest BCUT2D eigenvalue weighted by Crippen LogP contribution is 2.26. The van der Waals surface area contributed by atoms with Crippen LogP contribution in [0.15, 0.2) is 60.8 Å². The molecule has 2 fully saturated rings. The molecule has 2 aliphatic heterocycles. The van der Waals surface area contributed by atoms with Gasteiger partial charge in [-0.15, -0.1) is 0 Å². The molecular formula is C54H94O14. The summed E-state index contributed by atoms with van der Waals surface area (Å²) in [5.74, 6) is -0.389. The summed E-state index contributed by atoms with van der Waals surface area (Å²) in [4.78, 5) is 13.0. The standard InChI is InChI=1S/C54H94O14/c1-3-5-7-9-11-13-15-16-17-18-19-20-21-22-23-24-25-26-27-29-31-33-35-37-46(56)66-43(40-63-38-36-34-32-30-28-14-12-10-8-6-4-2)41-64-53-52(62)50(60)48(58)45(68-53)42-65-54-51(61)49(59)47(57)44(39-55)67-54/h5,7,11,13,16-17,19-20,22-23,43-45,47-55,57-62H,3-4,6,8-10,12,14-15,18,21,24-42H2,1-2H3/b7-5-,13-11-,17-16-,20-19-,23-22-. The summed E-state index contributed by atoms with van der Waals surface area (Å²) < 4.78 is 34.2. The zero-order valence-corrected chi connectivity index (χ0v) is 41.8. The van der Waals surface area contributed by atoms with Crippen LogP contribution < -0.4 is 0 Å². The fourth-order valence-corrected chi connectivity index (χ4v) is 8.02. The van der Waals surface area contributed by atoms with Gasteiger partial charge in [0.1, 0.15) is 54.9 Å². The smallest absolute Gasteiger partial charge is 0.306 e. The van der Waals surface area contributed by atoms with Crippen molar-refractivity contribution in [2.24, 2.45) is 0 Å². The predicted octanol–water partition coefficient (Wildman–Crippen LogP) is 8.13. The molecule has 394 valence electrons. The van der Waals surface area contributed by atoms with Gasteiger partial charge in [0, 0.05) is 13.0 Å². The van der Waals surface area contributed by atoms with Crippen LogP contribution in [0.5, 0.6) is 0 Å². The molecule has 0 radical (unpaired) electrons. The monoisotopic (exact) mass is 967 g/mol. The lowest BCUT2D eigenvalue weighted by Gasteiger charge is -2.42. The molecule has 14 nitrogen and oxygen atoms in total. The number of hydrogen-bond donors (Lipinski definition) is 7. The molecule has 68 heavy (non-hydrogen) atoms. The molecule has 2 rings (SSSR count). The van der Waals surface area contributed by atoms with Gasteiger partial charge in [0.2, 0.25) is 0 Å². The highest BCUT2D eigenvalue weighted by Gasteiger charge is 2.47. The van der Waals surface area contributed by atoms with E-state index in [1.165, 1.54) is 64.2 Å². The van der Waals surface area contributed by atoms with Gasteiger partial charge in [-0.3, -0.25) is 4.79 Å². The maximum absolute atomic E-state index is 13.0. The Morgan fingerprint density at radius 2 is 0.956 bits per heavy atom. The molecule has 0 amide bonds. The number of hydrogen-bond acceptors (Lipinski definition) is 14. The van der Waals surface area contributed by atoms with Crippen LogP contribution in [0.3, 0.4) is 0 Å². The van der Waals surface area contributed by atoms with Crippen molar-refractivity contribution in [3.8, 4) is 0 Å². The molecule has 11 unspecified atom stereocenters. The van der Waals surface area contributed by atoms with Crippen molar-refractivity contribution in [1.29, 1.82) is 0 Å². The molecule has 0 aromatic carbocycles. The summed E-state index contributed by atoms with van der Waals surface area (Å²) in [7, 11) is 0. The van der Waals surface area contributed by atoms with Crippen molar-refractivity contribution in [3.63, 3.8) is 0 Å². The summed E-state index contributed by atoms with van der Waals surface area (Å²) in [6.07, 6.45) is 32.8. The summed E-state index contributed by atoms with van der Waals surface area (Å²) in [5.41, 5.74) is 0. The number of aliphatic hydroxyl groups is 7. The van der Waals surface area contributed by atoms with Crippen LogP contribution in [0.1, 0.15) is 174 Å². The SMILES string of the molecule is CC/C=C\C/C=C\C/C=C\C/C=C\C/C=C\CCCCCCCCCC(=O)OC(COCCCCCCCCCCCCC)COC1OC(COC2OC(CO)C(O)C(O)C2O)C(O)C(O)C1O. The van der Waals surface area contributed by atoms with E-state index in [1.54, 1.807) is 0 Å². The Balaban J connectivity index is 1.73. The normalized spacial score (nSPS) is 26.4. The Kier molecular flexibility index (Phi) is 37.6. The molecule has 0 saturated carbocycles. The number of ether oxygens (including phenoxy) is 6. The second-order valence-corrected chi connectivity index (χ2v) is 18.3. The number of aliphatic hydroxyl groups excluding tert-OH is 7. The lowest BCUT2D eigenvalue weighted by molar-refractivity contribution is -0.332. The molecule has 0 aromatic rings. The van der Waals surface area contributed by atoms with Crippen LogP contribution in [0, 0.1) is 0 Å². The van der Waals surface area contributed by atoms with Crippen LogP contribution >= 0.6 is 0 Å². The Morgan fingerprint density at radius 1 is 0.500 bits per heavy atom. The fourth-order valence-electron chi connectivity index (χ4n) is 8.02. The van der Waals surface area contributed by atoms with Crippen molar-refractivity contribution in [3.05, 3.63) is 60.8 Å². The number of unbranched alkanes of at least 4 members (excludes halogenated alkanes) is 17. The van der Waals surface area contributed by atoms with Crippen molar-refractivity contribution in [2.75, 3.05) is 33.0 Å². The maximum Gasteiger partial charge on any atom is 0.306 e. The molecule has 14 heteroatoms. The Morgan fingerprint density at radius 3 is 1.50 bits per heavy atom. The zero-order valence-electron chi connectivity index (χ0n) is 41.8. The highest BCUT2D eigenvalue weighted by atomic mass is 16.7. The van der Waals surface area contributed by atoms with E-state index in [2.05, 4.69) is 74.6 Å². The largest absolute Gasteiger partial charge is 0.457 e. The molecule has 0 bridgehead atoms. The number of carbonyl (C=O) groups excluding carboxylic acids is 1. The van der Waals surface area contributed by atoms with Gasteiger partial charge in [0.05, 0.1) is 26.4 Å². The zero-order chi connectivity index (χ0) is 49.5. The van der Waals surface area contributed by atoms with Crippen molar-refractivity contribution >= 4 is 5.97 Å². The Hall–Kier alpha value is -2.31. The lowest BCUT2D eigenvalue weighted by Crippen LogP contribution is -2.61. The van der Waals surface area contributed by atoms with E-state index < -0.39 is 80.7 Å². The highest BCUT2D eigenvalue weighted by molar-refractivity contribution is 5.69. The summed E-state index contributed by atoms with van der Waals surface area (Å²) in [5, 5.41) is 72.1. The molecule has 11 atom stereocenters. The predicted molar refractivity (Wildman–Crippen MR) is 266 cm³/mol. The first kappa shape index (κ1) is 61.8. The Bertz CT molecular complexity index is 1350. The second-order valence-electron chi connectivity index (χ2n) is 18.3. The molecule has 0 spiro atoms. The number of esters is 1. The van der Waals surface area contributed by atoms with Gasteiger partial charge in [-0.25, -0.2) is 0 Å². The summed E-state index contributed by atoms with van der Waals surface area (Å²) in [6, 6.07) is 0. The van der Waals surface area contributed by atoms with E-state index >= 15 is 0 Å². The second kappa shape index (κ2) is 41.3. The third-order valence-electron chi connectivity index (χ3n) is 12.3. The van der Waals surface area contributed by atoms with E-state index in [9.17, 15) is 40.5 Å². The Labute approximate surface area is 409 Å². The van der Waals surface area contributed by atoms with E-state index in [1.807, 2.05) is 0 Å². The number of allylic oxidation sites excluding steroid dienone is 10. The van der Waals surface area contributed by atoms with Crippen LogP contribution in [-0.2, 0) is 33.2 Å². The molecule has 2 saturated heterocycles. The average molecular weight is 967 g/mol. The molecule has 0 aliphatic carbocycles. The minimum atomic E-state index is -1.71. The van der Waals surface area contributed by atoms with Gasteiger partial charge in [0.15, 0.2) is 12.6 Å². The quantitative estimate of drug-likeness (QED) is 0.0175. The molecule has 0 aromatic heterocycles. The maximum atomic E-state index is 13.0. The summed E-state index contributed by atoms with van der Waals surface area (Å²) >= 11 is 0. The van der Waals surface area contributed by atoms with Crippen molar-refractivity contribution in [1.82, 2.24) is 0 Å². The van der Waals surface area contributed by atoms with Crippen LogP contribution in [0.25, 0.3) is 0 Å².